The van der Waals surface area contributed by atoms with Gasteiger partial charge in [-0.05, 0) is 51.4 Å². The summed E-state index contributed by atoms with van der Waals surface area (Å²) in [6.45, 7) is 6.61. The molecule has 0 aromatic rings. The van der Waals surface area contributed by atoms with Crippen molar-refractivity contribution in [2.75, 3.05) is 13.2 Å². The Morgan fingerprint density at radius 1 is 0.303 bits per heavy atom. The monoisotopic (exact) mass is 929 g/mol. The van der Waals surface area contributed by atoms with Crippen LogP contribution in [0.15, 0.2) is 24.3 Å². The fourth-order valence-electron chi connectivity index (χ4n) is 8.77. The van der Waals surface area contributed by atoms with Gasteiger partial charge in [0, 0.05) is 19.3 Å². The second-order valence-electron chi connectivity index (χ2n) is 19.9. The first-order valence-electron chi connectivity index (χ1n) is 29.3. The van der Waals surface area contributed by atoms with Gasteiger partial charge in [-0.1, -0.05) is 276 Å². The van der Waals surface area contributed by atoms with Gasteiger partial charge in [-0.3, -0.25) is 14.4 Å². The third kappa shape index (κ3) is 52.9. The Morgan fingerprint density at radius 3 is 0.833 bits per heavy atom. The van der Waals surface area contributed by atoms with Gasteiger partial charge in [-0.2, -0.15) is 0 Å². The first-order chi connectivity index (χ1) is 32.5. The highest BCUT2D eigenvalue weighted by Crippen LogP contribution is 2.17. The van der Waals surface area contributed by atoms with Gasteiger partial charge in [0.25, 0.3) is 0 Å². The van der Waals surface area contributed by atoms with Crippen LogP contribution >= 0.6 is 0 Å². The molecule has 0 N–H and O–H groups in total. The van der Waals surface area contributed by atoms with Gasteiger partial charge in [0.2, 0.25) is 0 Å². The van der Waals surface area contributed by atoms with E-state index in [0.717, 1.165) is 64.2 Å². The minimum absolute atomic E-state index is 0.0653. The average Bonchev–Trinajstić information content (AvgIpc) is 3.31. The molecule has 0 saturated heterocycles. The molecule has 0 aromatic carbocycles. The summed E-state index contributed by atoms with van der Waals surface area (Å²) in [7, 11) is 0. The molecular formula is C60H112O6. The Bertz CT molecular complexity index is 1070. The second-order valence-corrected chi connectivity index (χ2v) is 19.9. The van der Waals surface area contributed by atoms with Crippen LogP contribution in [-0.2, 0) is 28.6 Å². The molecule has 0 aliphatic carbocycles. The van der Waals surface area contributed by atoms with Crippen LogP contribution in [0.1, 0.15) is 323 Å². The van der Waals surface area contributed by atoms with Crippen LogP contribution in [0.2, 0.25) is 0 Å². The average molecular weight is 930 g/mol. The van der Waals surface area contributed by atoms with E-state index >= 15 is 0 Å². The molecule has 388 valence electrons. The van der Waals surface area contributed by atoms with E-state index in [9.17, 15) is 14.4 Å². The highest BCUT2D eigenvalue weighted by Gasteiger charge is 2.19. The molecule has 0 bridgehead atoms. The van der Waals surface area contributed by atoms with Crippen LogP contribution < -0.4 is 0 Å². The zero-order valence-corrected chi connectivity index (χ0v) is 44.5. The van der Waals surface area contributed by atoms with Gasteiger partial charge in [0.1, 0.15) is 13.2 Å². The molecule has 1 atom stereocenters. The van der Waals surface area contributed by atoms with Crippen molar-refractivity contribution in [1.29, 1.82) is 0 Å². The third-order valence-electron chi connectivity index (χ3n) is 13.2. The number of hydrogen-bond acceptors (Lipinski definition) is 6. The quantitative estimate of drug-likeness (QED) is 0.0262. The summed E-state index contributed by atoms with van der Waals surface area (Å²) in [5.41, 5.74) is 0. The lowest BCUT2D eigenvalue weighted by molar-refractivity contribution is -0.167. The van der Waals surface area contributed by atoms with Crippen molar-refractivity contribution in [3.8, 4) is 0 Å². The molecule has 0 aliphatic heterocycles. The van der Waals surface area contributed by atoms with E-state index in [1.807, 2.05) is 0 Å². The largest absolute Gasteiger partial charge is 0.462 e. The van der Waals surface area contributed by atoms with E-state index in [1.165, 1.54) is 218 Å². The molecule has 66 heavy (non-hydrogen) atoms. The van der Waals surface area contributed by atoms with E-state index < -0.39 is 6.10 Å². The van der Waals surface area contributed by atoms with Crippen LogP contribution in [0.5, 0.6) is 0 Å². The molecule has 0 heterocycles. The van der Waals surface area contributed by atoms with Gasteiger partial charge in [-0.25, -0.2) is 0 Å². The molecule has 1 unspecified atom stereocenters. The maximum Gasteiger partial charge on any atom is 0.306 e. The van der Waals surface area contributed by atoms with Crippen LogP contribution in [0.3, 0.4) is 0 Å². The molecular weight excluding hydrogens is 817 g/mol. The van der Waals surface area contributed by atoms with Crippen LogP contribution in [0.4, 0.5) is 0 Å². The Hall–Kier alpha value is -2.11. The number of hydrogen-bond donors (Lipinski definition) is 0. The summed E-state index contributed by atoms with van der Waals surface area (Å²) in [5, 5.41) is 0. The number of allylic oxidation sites excluding steroid dienone is 4. The number of carbonyl (C=O) groups excluding carboxylic acids is 3. The second kappa shape index (κ2) is 55.5. The molecule has 0 saturated carbocycles. The summed E-state index contributed by atoms with van der Waals surface area (Å²) in [6.07, 6.45) is 65.1. The molecule has 0 spiro atoms. The summed E-state index contributed by atoms with van der Waals surface area (Å²) < 4.78 is 16.7. The number of esters is 3. The fourth-order valence-corrected chi connectivity index (χ4v) is 8.77. The van der Waals surface area contributed by atoms with E-state index in [1.54, 1.807) is 0 Å². The van der Waals surface area contributed by atoms with Gasteiger partial charge in [0.05, 0.1) is 0 Å². The van der Waals surface area contributed by atoms with Crippen LogP contribution in [0.25, 0.3) is 0 Å². The number of ether oxygens (including phenoxy) is 3. The molecule has 0 fully saturated rings. The topological polar surface area (TPSA) is 78.9 Å². The minimum atomic E-state index is -0.761. The minimum Gasteiger partial charge on any atom is -0.462 e. The standard InChI is InChI=1S/C60H112O6/c1-4-7-10-13-16-18-20-21-22-23-24-25-26-27-28-29-30-31-32-33-34-35-36-37-38-39-40-42-44-47-50-53-59(62)65-56-57(55-64-58(61)52-49-46-43-15-12-9-6-3)66-60(63)54-51-48-45-41-19-17-14-11-8-5-2/h20-21,23-24,57H,4-19,22,25-56H2,1-3H3/b21-20-,24-23-. The van der Waals surface area contributed by atoms with Gasteiger partial charge < -0.3 is 14.2 Å². The highest BCUT2D eigenvalue weighted by molar-refractivity contribution is 5.71. The molecule has 0 rings (SSSR count). The lowest BCUT2D eigenvalue weighted by atomic mass is 10.0. The first kappa shape index (κ1) is 63.9. The number of unbranched alkanes of at least 4 members (excludes halogenated alkanes) is 39. The smallest absolute Gasteiger partial charge is 0.306 e. The normalized spacial score (nSPS) is 12.1. The van der Waals surface area contributed by atoms with E-state index in [4.69, 9.17) is 14.2 Å². The molecule has 6 nitrogen and oxygen atoms in total. The highest BCUT2D eigenvalue weighted by atomic mass is 16.6. The number of carbonyl (C=O) groups is 3. The van der Waals surface area contributed by atoms with Crippen molar-refractivity contribution >= 4 is 17.9 Å². The Morgan fingerprint density at radius 2 is 0.545 bits per heavy atom. The molecule has 0 aromatic heterocycles. The van der Waals surface area contributed by atoms with E-state index in [-0.39, 0.29) is 31.1 Å². The number of rotatable bonds is 54. The Balaban J connectivity index is 3.91. The maximum absolute atomic E-state index is 12.7. The van der Waals surface area contributed by atoms with Crippen molar-refractivity contribution in [2.45, 2.75) is 329 Å². The van der Waals surface area contributed by atoms with Gasteiger partial charge >= 0.3 is 17.9 Å². The summed E-state index contributed by atoms with van der Waals surface area (Å²) in [4.78, 5) is 37.8. The molecule has 0 amide bonds. The fraction of sp³-hybridized carbons (Fsp3) is 0.883. The predicted octanol–water partition coefficient (Wildman–Crippen LogP) is 19.5. The Kier molecular flexibility index (Phi) is 53.7. The Labute approximate surface area is 411 Å². The van der Waals surface area contributed by atoms with Crippen LogP contribution in [0, 0.1) is 0 Å². The zero-order valence-electron chi connectivity index (χ0n) is 44.5. The summed E-state index contributed by atoms with van der Waals surface area (Å²) >= 11 is 0. The predicted molar refractivity (Wildman–Crippen MR) is 284 cm³/mol. The summed E-state index contributed by atoms with van der Waals surface area (Å²) in [5.74, 6) is -0.857. The lowest BCUT2D eigenvalue weighted by Gasteiger charge is -2.18. The van der Waals surface area contributed by atoms with Gasteiger partial charge in [0.15, 0.2) is 6.10 Å². The van der Waals surface area contributed by atoms with Crippen LogP contribution in [-0.4, -0.2) is 37.2 Å². The summed E-state index contributed by atoms with van der Waals surface area (Å²) in [6, 6.07) is 0. The van der Waals surface area contributed by atoms with Crippen molar-refractivity contribution in [2.24, 2.45) is 0 Å². The van der Waals surface area contributed by atoms with E-state index in [2.05, 4.69) is 45.1 Å². The molecule has 6 heteroatoms. The van der Waals surface area contributed by atoms with E-state index in [0.29, 0.717) is 19.3 Å². The van der Waals surface area contributed by atoms with Crippen molar-refractivity contribution in [3.63, 3.8) is 0 Å². The van der Waals surface area contributed by atoms with Crippen molar-refractivity contribution < 1.29 is 28.6 Å². The lowest BCUT2D eigenvalue weighted by Crippen LogP contribution is -2.30. The SMILES string of the molecule is CCCCCCC/C=C\C/C=C\CCCCCCCCCCCCCCCCCCCCCC(=O)OCC(COC(=O)CCCCCCCCC)OC(=O)CCCCCCCCCCCC. The van der Waals surface area contributed by atoms with Crippen molar-refractivity contribution in [3.05, 3.63) is 24.3 Å². The first-order valence-corrected chi connectivity index (χ1v) is 29.3. The zero-order chi connectivity index (χ0) is 47.9. The van der Waals surface area contributed by atoms with Gasteiger partial charge in [-0.15, -0.1) is 0 Å². The molecule has 0 aliphatic rings. The maximum atomic E-state index is 12.7. The molecule has 0 radical (unpaired) electrons. The van der Waals surface area contributed by atoms with Crippen molar-refractivity contribution in [1.82, 2.24) is 0 Å². The third-order valence-corrected chi connectivity index (χ3v) is 13.2.